The van der Waals surface area contributed by atoms with Crippen LogP contribution in [0.2, 0.25) is 0 Å². The molecule has 0 amide bonds. The number of aryl methyl sites for hydroxylation is 3. The van der Waals surface area contributed by atoms with Crippen LogP contribution in [0.25, 0.3) is 0 Å². The average Bonchev–Trinajstić information content (AvgIpc) is 2.82. The lowest BCUT2D eigenvalue weighted by atomic mass is 10.2. The molecule has 0 fully saturated rings. The molecule has 0 aromatic carbocycles. The molecule has 2 heterocycles. The van der Waals surface area contributed by atoms with Crippen molar-refractivity contribution in [2.75, 3.05) is 11.9 Å². The van der Waals surface area contributed by atoms with Gasteiger partial charge in [0.15, 0.2) is 0 Å². The van der Waals surface area contributed by atoms with Crippen LogP contribution < -0.4 is 10.1 Å². The maximum Gasteiger partial charge on any atom is 0.226 e. The Balaban J connectivity index is 2.06. The van der Waals surface area contributed by atoms with Gasteiger partial charge in [0.2, 0.25) is 11.8 Å². The summed E-state index contributed by atoms with van der Waals surface area (Å²) < 4.78 is 7.41. The second-order valence-corrected chi connectivity index (χ2v) is 5.00. The van der Waals surface area contributed by atoms with Crippen LogP contribution in [0.1, 0.15) is 37.2 Å². The van der Waals surface area contributed by atoms with Gasteiger partial charge in [0, 0.05) is 37.1 Å². The van der Waals surface area contributed by atoms with E-state index in [1.807, 2.05) is 30.9 Å². The fourth-order valence-electron chi connectivity index (χ4n) is 2.10. The summed E-state index contributed by atoms with van der Waals surface area (Å²) >= 11 is 0. The standard InChI is InChI=1S/C15H23N5O/c1-5-7-21-14-8-11(3)17-15(18-14)16-9-12-10-20(4)19-13(12)6-2/h8,10H,5-7,9H2,1-4H3,(H,16,17,18). The molecule has 6 heteroatoms. The van der Waals surface area contributed by atoms with E-state index in [0.717, 1.165) is 24.2 Å². The first-order valence-corrected chi connectivity index (χ1v) is 7.36. The summed E-state index contributed by atoms with van der Waals surface area (Å²) in [6, 6.07) is 1.85. The largest absolute Gasteiger partial charge is 0.478 e. The molecule has 0 saturated carbocycles. The van der Waals surface area contributed by atoms with Gasteiger partial charge in [-0.25, -0.2) is 4.98 Å². The van der Waals surface area contributed by atoms with Crippen LogP contribution in [-0.2, 0) is 20.0 Å². The lowest BCUT2D eigenvalue weighted by Crippen LogP contribution is -2.07. The molecule has 114 valence electrons. The minimum Gasteiger partial charge on any atom is -0.478 e. The zero-order valence-electron chi connectivity index (χ0n) is 13.2. The van der Waals surface area contributed by atoms with E-state index in [1.54, 1.807) is 0 Å². The summed E-state index contributed by atoms with van der Waals surface area (Å²) in [5.41, 5.74) is 3.15. The van der Waals surface area contributed by atoms with E-state index in [-0.39, 0.29) is 0 Å². The number of rotatable bonds is 7. The van der Waals surface area contributed by atoms with Gasteiger partial charge >= 0.3 is 0 Å². The Morgan fingerprint density at radius 2 is 2.10 bits per heavy atom. The van der Waals surface area contributed by atoms with Crippen molar-refractivity contribution in [3.63, 3.8) is 0 Å². The maximum absolute atomic E-state index is 5.57. The van der Waals surface area contributed by atoms with Crippen molar-refractivity contribution in [1.82, 2.24) is 19.7 Å². The number of nitrogens with one attached hydrogen (secondary N) is 1. The molecule has 0 atom stereocenters. The summed E-state index contributed by atoms with van der Waals surface area (Å²) in [6.45, 7) is 7.44. The van der Waals surface area contributed by atoms with Crippen molar-refractivity contribution in [3.05, 3.63) is 29.2 Å². The molecule has 2 aromatic rings. The fraction of sp³-hybridized carbons (Fsp3) is 0.533. The first-order valence-electron chi connectivity index (χ1n) is 7.36. The lowest BCUT2D eigenvalue weighted by Gasteiger charge is -2.08. The third kappa shape index (κ3) is 4.18. The minimum absolute atomic E-state index is 0.590. The fourth-order valence-corrected chi connectivity index (χ4v) is 2.10. The van der Waals surface area contributed by atoms with Crippen LogP contribution in [0, 0.1) is 6.92 Å². The van der Waals surface area contributed by atoms with Gasteiger partial charge in [-0.05, 0) is 19.8 Å². The summed E-state index contributed by atoms with van der Waals surface area (Å²) in [5.74, 6) is 1.21. The average molecular weight is 289 g/mol. The molecule has 0 aliphatic heterocycles. The normalized spacial score (nSPS) is 10.7. The van der Waals surface area contributed by atoms with Crippen LogP contribution >= 0.6 is 0 Å². The molecular weight excluding hydrogens is 266 g/mol. The summed E-state index contributed by atoms with van der Waals surface area (Å²) in [7, 11) is 1.93. The highest BCUT2D eigenvalue weighted by atomic mass is 16.5. The van der Waals surface area contributed by atoms with E-state index in [4.69, 9.17) is 4.74 Å². The van der Waals surface area contributed by atoms with Gasteiger partial charge in [0.1, 0.15) is 0 Å². The van der Waals surface area contributed by atoms with Crippen LogP contribution in [0.4, 0.5) is 5.95 Å². The van der Waals surface area contributed by atoms with Crippen molar-refractivity contribution in [2.45, 2.75) is 40.2 Å². The van der Waals surface area contributed by atoms with E-state index in [1.165, 1.54) is 5.56 Å². The third-order valence-electron chi connectivity index (χ3n) is 3.05. The van der Waals surface area contributed by atoms with Crippen LogP contribution in [-0.4, -0.2) is 26.4 Å². The van der Waals surface area contributed by atoms with E-state index in [0.29, 0.717) is 25.0 Å². The SMILES string of the molecule is CCCOc1cc(C)nc(NCc2cn(C)nc2CC)n1. The molecule has 0 aliphatic rings. The van der Waals surface area contributed by atoms with Crippen molar-refractivity contribution < 1.29 is 4.74 Å². The highest BCUT2D eigenvalue weighted by Gasteiger charge is 2.07. The Morgan fingerprint density at radius 3 is 2.81 bits per heavy atom. The molecular formula is C15H23N5O. The Hall–Kier alpha value is -2.11. The lowest BCUT2D eigenvalue weighted by molar-refractivity contribution is 0.305. The number of aromatic nitrogens is 4. The van der Waals surface area contributed by atoms with Gasteiger partial charge in [-0.1, -0.05) is 13.8 Å². The first-order chi connectivity index (χ1) is 10.1. The second kappa shape index (κ2) is 7.06. The molecule has 0 unspecified atom stereocenters. The predicted molar refractivity (Wildman–Crippen MR) is 82.5 cm³/mol. The monoisotopic (exact) mass is 289 g/mol. The van der Waals surface area contributed by atoms with Crippen LogP contribution in [0.3, 0.4) is 0 Å². The smallest absolute Gasteiger partial charge is 0.226 e. The molecule has 1 N–H and O–H groups in total. The number of anilines is 1. The topological polar surface area (TPSA) is 64.9 Å². The Kier molecular flexibility index (Phi) is 5.14. The van der Waals surface area contributed by atoms with E-state index >= 15 is 0 Å². The summed E-state index contributed by atoms with van der Waals surface area (Å²) in [5, 5.41) is 7.68. The second-order valence-electron chi connectivity index (χ2n) is 5.00. The van der Waals surface area contributed by atoms with Gasteiger partial charge in [-0.15, -0.1) is 0 Å². The molecule has 0 bridgehead atoms. The number of hydrogen-bond acceptors (Lipinski definition) is 5. The maximum atomic E-state index is 5.57. The van der Waals surface area contributed by atoms with Crippen LogP contribution in [0.5, 0.6) is 5.88 Å². The van der Waals surface area contributed by atoms with Gasteiger partial charge in [-0.2, -0.15) is 10.1 Å². The van der Waals surface area contributed by atoms with Gasteiger partial charge in [0.25, 0.3) is 0 Å². The molecule has 0 spiro atoms. The first kappa shape index (κ1) is 15.3. The summed E-state index contributed by atoms with van der Waals surface area (Å²) in [4.78, 5) is 8.77. The zero-order valence-corrected chi connectivity index (χ0v) is 13.2. The number of nitrogens with zero attached hydrogens (tertiary/aromatic N) is 4. The number of ether oxygens (including phenoxy) is 1. The predicted octanol–water partition coefficient (Wildman–Crippen LogP) is 2.48. The molecule has 6 nitrogen and oxygen atoms in total. The number of hydrogen-bond donors (Lipinski definition) is 1. The van der Waals surface area contributed by atoms with Crippen molar-refractivity contribution >= 4 is 5.95 Å². The van der Waals surface area contributed by atoms with Gasteiger partial charge in [-0.3, -0.25) is 4.68 Å². The minimum atomic E-state index is 0.590. The van der Waals surface area contributed by atoms with E-state index in [2.05, 4.69) is 34.2 Å². The quantitative estimate of drug-likeness (QED) is 0.848. The molecule has 2 aromatic heterocycles. The van der Waals surface area contributed by atoms with Gasteiger partial charge < -0.3 is 10.1 Å². The Morgan fingerprint density at radius 1 is 1.29 bits per heavy atom. The van der Waals surface area contributed by atoms with Gasteiger partial charge in [0.05, 0.1) is 12.3 Å². The van der Waals surface area contributed by atoms with Crippen molar-refractivity contribution in [2.24, 2.45) is 7.05 Å². The molecule has 21 heavy (non-hydrogen) atoms. The molecule has 2 rings (SSSR count). The van der Waals surface area contributed by atoms with E-state index < -0.39 is 0 Å². The zero-order chi connectivity index (χ0) is 15.2. The third-order valence-corrected chi connectivity index (χ3v) is 3.05. The summed E-state index contributed by atoms with van der Waals surface area (Å²) in [6.07, 6.45) is 3.90. The van der Waals surface area contributed by atoms with Crippen LogP contribution in [0.15, 0.2) is 12.3 Å². The van der Waals surface area contributed by atoms with E-state index in [9.17, 15) is 0 Å². The highest BCUT2D eigenvalue weighted by molar-refractivity contribution is 5.32. The Bertz CT molecular complexity index is 594. The Labute approximate surface area is 125 Å². The molecule has 0 radical (unpaired) electrons. The van der Waals surface area contributed by atoms with Crippen molar-refractivity contribution in [1.29, 1.82) is 0 Å². The molecule has 0 aliphatic carbocycles. The highest BCUT2D eigenvalue weighted by Crippen LogP contribution is 2.14. The molecule has 0 saturated heterocycles. The van der Waals surface area contributed by atoms with Crippen molar-refractivity contribution in [3.8, 4) is 5.88 Å².